The van der Waals surface area contributed by atoms with Gasteiger partial charge in [-0.1, -0.05) is 18.2 Å². The standard InChI is InChI=1S/C14H13NO3/c1-18-11-7-8-13(16)12(9-11)15-14(17)10-5-3-2-4-6-10/h2-9,16H,1H3,(H,15,17). The van der Waals surface area contributed by atoms with Gasteiger partial charge in [0.15, 0.2) is 0 Å². The number of anilines is 1. The molecule has 1 amide bonds. The lowest BCUT2D eigenvalue weighted by atomic mass is 10.2. The summed E-state index contributed by atoms with van der Waals surface area (Å²) in [5.41, 5.74) is 0.850. The third-order valence-corrected chi connectivity index (χ3v) is 2.49. The molecule has 18 heavy (non-hydrogen) atoms. The van der Waals surface area contributed by atoms with Gasteiger partial charge in [-0.2, -0.15) is 0 Å². The zero-order chi connectivity index (χ0) is 13.0. The van der Waals surface area contributed by atoms with Crippen molar-refractivity contribution in [2.75, 3.05) is 12.4 Å². The predicted molar refractivity (Wildman–Crippen MR) is 69.1 cm³/mol. The molecule has 0 heterocycles. The van der Waals surface area contributed by atoms with Gasteiger partial charge in [0.05, 0.1) is 12.8 Å². The zero-order valence-electron chi connectivity index (χ0n) is 9.88. The number of aromatic hydroxyl groups is 1. The Balaban J connectivity index is 2.21. The van der Waals surface area contributed by atoms with Crippen LogP contribution in [0.2, 0.25) is 0 Å². The average Bonchev–Trinajstić information content (AvgIpc) is 2.42. The topological polar surface area (TPSA) is 58.6 Å². The van der Waals surface area contributed by atoms with Crippen molar-refractivity contribution in [2.45, 2.75) is 0 Å². The highest BCUT2D eigenvalue weighted by atomic mass is 16.5. The zero-order valence-corrected chi connectivity index (χ0v) is 9.88. The van der Waals surface area contributed by atoms with Gasteiger partial charge in [0.25, 0.3) is 5.91 Å². The Kier molecular flexibility index (Phi) is 3.48. The average molecular weight is 243 g/mol. The normalized spacial score (nSPS) is 9.83. The van der Waals surface area contributed by atoms with E-state index < -0.39 is 0 Å². The van der Waals surface area contributed by atoms with Crippen molar-refractivity contribution in [2.24, 2.45) is 0 Å². The summed E-state index contributed by atoms with van der Waals surface area (Å²) in [7, 11) is 1.52. The maximum Gasteiger partial charge on any atom is 0.255 e. The molecule has 0 aliphatic rings. The minimum atomic E-state index is -0.279. The van der Waals surface area contributed by atoms with Crippen molar-refractivity contribution in [1.82, 2.24) is 0 Å². The fourth-order valence-corrected chi connectivity index (χ4v) is 1.53. The lowest BCUT2D eigenvalue weighted by molar-refractivity contribution is 0.102. The van der Waals surface area contributed by atoms with E-state index in [1.807, 2.05) is 6.07 Å². The fourth-order valence-electron chi connectivity index (χ4n) is 1.53. The van der Waals surface area contributed by atoms with Gasteiger partial charge in [-0.3, -0.25) is 4.79 Å². The van der Waals surface area contributed by atoms with E-state index in [9.17, 15) is 9.90 Å². The monoisotopic (exact) mass is 243 g/mol. The molecule has 0 spiro atoms. The highest BCUT2D eigenvalue weighted by Gasteiger charge is 2.09. The second-order valence-corrected chi connectivity index (χ2v) is 3.70. The van der Waals surface area contributed by atoms with E-state index >= 15 is 0 Å². The predicted octanol–water partition coefficient (Wildman–Crippen LogP) is 2.65. The Bertz CT molecular complexity index is 552. The summed E-state index contributed by atoms with van der Waals surface area (Å²) >= 11 is 0. The number of phenolic OH excluding ortho intramolecular Hbond substituents is 1. The number of carbonyl (C=O) groups is 1. The molecule has 2 aromatic rings. The molecule has 0 aliphatic carbocycles. The fraction of sp³-hybridized carbons (Fsp3) is 0.0714. The van der Waals surface area contributed by atoms with E-state index in [-0.39, 0.29) is 11.7 Å². The van der Waals surface area contributed by atoms with E-state index in [4.69, 9.17) is 4.74 Å². The van der Waals surface area contributed by atoms with Gasteiger partial charge in [-0.15, -0.1) is 0 Å². The Morgan fingerprint density at radius 1 is 1.17 bits per heavy atom. The number of benzene rings is 2. The highest BCUT2D eigenvalue weighted by Crippen LogP contribution is 2.28. The first-order valence-electron chi connectivity index (χ1n) is 5.44. The first-order valence-corrected chi connectivity index (χ1v) is 5.44. The number of hydrogen-bond donors (Lipinski definition) is 2. The van der Waals surface area contributed by atoms with Gasteiger partial charge >= 0.3 is 0 Å². The lowest BCUT2D eigenvalue weighted by Crippen LogP contribution is -2.11. The van der Waals surface area contributed by atoms with E-state index in [2.05, 4.69) is 5.32 Å². The maximum atomic E-state index is 11.9. The molecule has 0 radical (unpaired) electrons. The van der Waals surface area contributed by atoms with E-state index in [0.29, 0.717) is 17.0 Å². The lowest BCUT2D eigenvalue weighted by Gasteiger charge is -2.09. The van der Waals surface area contributed by atoms with Crippen LogP contribution in [0, 0.1) is 0 Å². The molecule has 4 nitrogen and oxygen atoms in total. The van der Waals surface area contributed by atoms with Crippen molar-refractivity contribution in [1.29, 1.82) is 0 Å². The van der Waals surface area contributed by atoms with Crippen LogP contribution in [0.5, 0.6) is 11.5 Å². The van der Waals surface area contributed by atoms with Gasteiger partial charge < -0.3 is 15.2 Å². The number of methoxy groups -OCH3 is 1. The third kappa shape index (κ3) is 2.60. The van der Waals surface area contributed by atoms with Gasteiger partial charge in [-0.25, -0.2) is 0 Å². The Hall–Kier alpha value is -2.49. The van der Waals surface area contributed by atoms with Crippen LogP contribution in [0.15, 0.2) is 48.5 Å². The molecule has 4 heteroatoms. The molecule has 0 aliphatic heterocycles. The summed E-state index contributed by atoms with van der Waals surface area (Å²) in [6.45, 7) is 0. The number of hydrogen-bond acceptors (Lipinski definition) is 3. The Labute approximate surface area is 105 Å². The number of amides is 1. The van der Waals surface area contributed by atoms with Crippen LogP contribution in [0.3, 0.4) is 0 Å². The summed E-state index contributed by atoms with van der Waals surface area (Å²) in [6, 6.07) is 13.4. The molecule has 92 valence electrons. The molecule has 0 fully saturated rings. The van der Waals surface area contributed by atoms with Crippen molar-refractivity contribution in [3.8, 4) is 11.5 Å². The molecule has 2 N–H and O–H groups in total. The van der Waals surface area contributed by atoms with Crippen LogP contribution < -0.4 is 10.1 Å². The Morgan fingerprint density at radius 3 is 2.56 bits per heavy atom. The largest absolute Gasteiger partial charge is 0.506 e. The molecular weight excluding hydrogens is 230 g/mol. The summed E-state index contributed by atoms with van der Waals surface area (Å²) in [6.07, 6.45) is 0. The SMILES string of the molecule is COc1ccc(O)c(NC(=O)c2ccccc2)c1. The number of ether oxygens (including phenoxy) is 1. The van der Waals surface area contributed by atoms with Gasteiger partial charge in [0.1, 0.15) is 11.5 Å². The van der Waals surface area contributed by atoms with Crippen molar-refractivity contribution < 1.29 is 14.6 Å². The summed E-state index contributed by atoms with van der Waals surface area (Å²) in [5.74, 6) is 0.287. The van der Waals surface area contributed by atoms with Crippen LogP contribution >= 0.6 is 0 Å². The van der Waals surface area contributed by atoms with Crippen molar-refractivity contribution in [3.05, 3.63) is 54.1 Å². The molecule has 0 unspecified atom stereocenters. The van der Waals surface area contributed by atoms with Gasteiger partial charge in [0.2, 0.25) is 0 Å². The molecule has 2 aromatic carbocycles. The van der Waals surface area contributed by atoms with Crippen molar-refractivity contribution >= 4 is 11.6 Å². The molecule has 0 saturated carbocycles. The van der Waals surface area contributed by atoms with E-state index in [0.717, 1.165) is 0 Å². The highest BCUT2D eigenvalue weighted by molar-refractivity contribution is 6.05. The second kappa shape index (κ2) is 5.23. The van der Waals surface area contributed by atoms with Crippen LogP contribution in [0.1, 0.15) is 10.4 Å². The second-order valence-electron chi connectivity index (χ2n) is 3.70. The number of phenols is 1. The van der Waals surface area contributed by atoms with Crippen LogP contribution in [-0.4, -0.2) is 18.1 Å². The van der Waals surface area contributed by atoms with E-state index in [1.54, 1.807) is 36.4 Å². The molecule has 0 bridgehead atoms. The number of rotatable bonds is 3. The van der Waals surface area contributed by atoms with Crippen LogP contribution in [0.25, 0.3) is 0 Å². The maximum absolute atomic E-state index is 11.9. The van der Waals surface area contributed by atoms with E-state index in [1.165, 1.54) is 13.2 Å². The third-order valence-electron chi connectivity index (χ3n) is 2.49. The van der Waals surface area contributed by atoms with Crippen LogP contribution in [-0.2, 0) is 0 Å². The molecule has 2 rings (SSSR count). The quantitative estimate of drug-likeness (QED) is 0.815. The molecule has 0 saturated heterocycles. The van der Waals surface area contributed by atoms with Crippen molar-refractivity contribution in [3.63, 3.8) is 0 Å². The minimum absolute atomic E-state index is 0.0000751. The number of carbonyl (C=O) groups excluding carboxylic acids is 1. The minimum Gasteiger partial charge on any atom is -0.506 e. The number of nitrogens with one attached hydrogen (secondary N) is 1. The summed E-state index contributed by atoms with van der Waals surface area (Å²) < 4.78 is 5.03. The smallest absolute Gasteiger partial charge is 0.255 e. The Morgan fingerprint density at radius 2 is 1.89 bits per heavy atom. The van der Waals surface area contributed by atoms with Crippen LogP contribution in [0.4, 0.5) is 5.69 Å². The first kappa shape index (κ1) is 12.0. The first-order chi connectivity index (χ1) is 8.70. The summed E-state index contributed by atoms with van der Waals surface area (Å²) in [4.78, 5) is 11.9. The molecular formula is C14H13NO3. The molecule has 0 aromatic heterocycles. The van der Waals surface area contributed by atoms with Gasteiger partial charge in [-0.05, 0) is 24.3 Å². The molecule has 0 atom stereocenters. The summed E-state index contributed by atoms with van der Waals surface area (Å²) in [5, 5.41) is 12.3. The van der Waals surface area contributed by atoms with Gasteiger partial charge in [0, 0.05) is 11.6 Å².